The van der Waals surface area contributed by atoms with Gasteiger partial charge in [0.25, 0.3) is 5.91 Å². The lowest BCUT2D eigenvalue weighted by molar-refractivity contribution is -0.123. The molecule has 7 heteroatoms. The molecule has 0 atom stereocenters. The number of carbonyl (C=O) groups is 1. The molecule has 0 aliphatic heterocycles. The molecule has 0 unspecified atom stereocenters. The minimum absolute atomic E-state index is 0.0382. The summed E-state index contributed by atoms with van der Waals surface area (Å²) in [5.74, 6) is 0.949. The molecule has 19 heavy (non-hydrogen) atoms. The van der Waals surface area contributed by atoms with Crippen molar-refractivity contribution < 1.29 is 9.53 Å². The van der Waals surface area contributed by atoms with Crippen LogP contribution in [0.3, 0.4) is 0 Å². The van der Waals surface area contributed by atoms with Crippen LogP contribution in [0, 0.1) is 13.8 Å². The Morgan fingerprint density at radius 2 is 2.11 bits per heavy atom. The fourth-order valence-electron chi connectivity index (χ4n) is 1.65. The average molecular weight is 261 g/mol. The second-order valence-electron chi connectivity index (χ2n) is 4.11. The van der Waals surface area contributed by atoms with Crippen molar-refractivity contribution in [2.75, 3.05) is 6.61 Å². The maximum atomic E-state index is 11.6. The van der Waals surface area contributed by atoms with Crippen molar-refractivity contribution in [2.24, 2.45) is 0 Å². The van der Waals surface area contributed by atoms with E-state index in [4.69, 9.17) is 4.74 Å². The second-order valence-corrected chi connectivity index (χ2v) is 4.11. The molecule has 2 rings (SSSR count). The van der Waals surface area contributed by atoms with E-state index in [1.54, 1.807) is 0 Å². The third-order valence-corrected chi connectivity index (χ3v) is 2.59. The van der Waals surface area contributed by atoms with Crippen molar-refractivity contribution in [1.82, 2.24) is 25.9 Å². The Hall–Kier alpha value is -2.44. The molecule has 7 nitrogen and oxygen atoms in total. The lowest BCUT2D eigenvalue weighted by atomic mass is 10.1. The summed E-state index contributed by atoms with van der Waals surface area (Å²) in [6.45, 7) is 4.08. The second kappa shape index (κ2) is 5.94. The number of H-pyrrole nitrogens is 1. The summed E-state index contributed by atoms with van der Waals surface area (Å²) in [5.41, 5.74) is 2.01. The van der Waals surface area contributed by atoms with E-state index in [1.165, 1.54) is 0 Å². The number of benzene rings is 1. The summed E-state index contributed by atoms with van der Waals surface area (Å²) in [5, 5.41) is 15.8. The minimum atomic E-state index is -0.229. The molecule has 0 radical (unpaired) electrons. The molecular formula is C12H15N5O2. The number of hydrogen-bond donors (Lipinski definition) is 2. The molecule has 1 amide bonds. The molecule has 0 saturated heterocycles. The highest BCUT2D eigenvalue weighted by molar-refractivity contribution is 5.77. The number of para-hydroxylation sites is 1. The van der Waals surface area contributed by atoms with Gasteiger partial charge in [-0.25, -0.2) is 0 Å². The Morgan fingerprint density at radius 1 is 1.37 bits per heavy atom. The Balaban J connectivity index is 1.83. The Morgan fingerprint density at radius 3 is 2.74 bits per heavy atom. The molecule has 0 fully saturated rings. The molecule has 1 aromatic heterocycles. The third-order valence-electron chi connectivity index (χ3n) is 2.59. The monoisotopic (exact) mass is 261 g/mol. The molecule has 0 saturated carbocycles. The average Bonchev–Trinajstić information content (AvgIpc) is 2.89. The minimum Gasteiger partial charge on any atom is -0.483 e. The number of aromatic nitrogens is 4. The largest absolute Gasteiger partial charge is 0.483 e. The Labute approximate surface area is 110 Å². The summed E-state index contributed by atoms with van der Waals surface area (Å²) in [6, 6.07) is 5.84. The van der Waals surface area contributed by atoms with E-state index in [2.05, 4.69) is 25.9 Å². The summed E-state index contributed by atoms with van der Waals surface area (Å²) in [7, 11) is 0. The first kappa shape index (κ1) is 13.0. The fourth-order valence-corrected chi connectivity index (χ4v) is 1.65. The number of tetrazole rings is 1. The topological polar surface area (TPSA) is 92.8 Å². The zero-order valence-corrected chi connectivity index (χ0v) is 10.8. The van der Waals surface area contributed by atoms with Crippen LogP contribution in [0.5, 0.6) is 5.75 Å². The lowest BCUT2D eigenvalue weighted by Gasteiger charge is -2.11. The number of aromatic amines is 1. The first-order chi connectivity index (χ1) is 9.16. The van der Waals surface area contributed by atoms with E-state index in [-0.39, 0.29) is 19.1 Å². The van der Waals surface area contributed by atoms with Gasteiger partial charge in [0.1, 0.15) is 5.75 Å². The van der Waals surface area contributed by atoms with Gasteiger partial charge in [0, 0.05) is 0 Å². The zero-order chi connectivity index (χ0) is 13.7. The quantitative estimate of drug-likeness (QED) is 0.818. The predicted octanol–water partition coefficient (Wildman–Crippen LogP) is 0.512. The van der Waals surface area contributed by atoms with Gasteiger partial charge in [0.15, 0.2) is 12.4 Å². The van der Waals surface area contributed by atoms with Gasteiger partial charge in [-0.05, 0) is 25.0 Å². The maximum absolute atomic E-state index is 11.6. The molecule has 0 bridgehead atoms. The van der Waals surface area contributed by atoms with Gasteiger partial charge in [0.2, 0.25) is 0 Å². The number of aryl methyl sites for hydroxylation is 2. The normalized spacial score (nSPS) is 10.2. The number of rotatable bonds is 5. The van der Waals surface area contributed by atoms with E-state index in [0.29, 0.717) is 5.82 Å². The van der Waals surface area contributed by atoms with E-state index in [1.807, 2.05) is 32.0 Å². The Kier molecular flexibility index (Phi) is 4.07. The SMILES string of the molecule is Cc1cccc(C)c1OCC(=O)NCc1nn[nH]n1. The van der Waals surface area contributed by atoms with E-state index < -0.39 is 0 Å². The summed E-state index contributed by atoms with van der Waals surface area (Å²) in [4.78, 5) is 11.6. The van der Waals surface area contributed by atoms with Crippen molar-refractivity contribution in [3.63, 3.8) is 0 Å². The van der Waals surface area contributed by atoms with Crippen molar-refractivity contribution in [1.29, 1.82) is 0 Å². The Bertz CT molecular complexity index is 533. The van der Waals surface area contributed by atoms with Gasteiger partial charge in [-0.15, -0.1) is 10.2 Å². The number of ether oxygens (including phenoxy) is 1. The van der Waals surface area contributed by atoms with Crippen LogP contribution in [0.25, 0.3) is 0 Å². The van der Waals surface area contributed by atoms with Crippen LogP contribution in [0.2, 0.25) is 0 Å². The molecule has 0 aliphatic carbocycles. The molecule has 1 heterocycles. The fraction of sp³-hybridized carbons (Fsp3) is 0.333. The first-order valence-corrected chi connectivity index (χ1v) is 5.85. The molecule has 100 valence electrons. The van der Waals surface area contributed by atoms with Crippen LogP contribution < -0.4 is 10.1 Å². The van der Waals surface area contributed by atoms with Crippen LogP contribution in [0.15, 0.2) is 18.2 Å². The van der Waals surface area contributed by atoms with E-state index >= 15 is 0 Å². The van der Waals surface area contributed by atoms with Crippen LogP contribution >= 0.6 is 0 Å². The molecular weight excluding hydrogens is 246 g/mol. The van der Waals surface area contributed by atoms with Crippen LogP contribution in [0.4, 0.5) is 0 Å². The smallest absolute Gasteiger partial charge is 0.258 e. The highest BCUT2D eigenvalue weighted by Crippen LogP contribution is 2.21. The van der Waals surface area contributed by atoms with Crippen molar-refractivity contribution in [3.05, 3.63) is 35.2 Å². The highest BCUT2D eigenvalue weighted by Gasteiger charge is 2.07. The van der Waals surface area contributed by atoms with Crippen LogP contribution in [-0.4, -0.2) is 33.1 Å². The summed E-state index contributed by atoms with van der Waals surface area (Å²) < 4.78 is 5.52. The number of nitrogens with zero attached hydrogens (tertiary/aromatic N) is 3. The number of hydrogen-bond acceptors (Lipinski definition) is 5. The summed E-state index contributed by atoms with van der Waals surface area (Å²) in [6.07, 6.45) is 0. The predicted molar refractivity (Wildman–Crippen MR) is 67.4 cm³/mol. The van der Waals surface area contributed by atoms with Crippen molar-refractivity contribution in [3.8, 4) is 5.75 Å². The third kappa shape index (κ3) is 3.51. The van der Waals surface area contributed by atoms with Gasteiger partial charge in [-0.1, -0.05) is 23.4 Å². The van der Waals surface area contributed by atoms with E-state index in [9.17, 15) is 4.79 Å². The maximum Gasteiger partial charge on any atom is 0.258 e. The summed E-state index contributed by atoms with van der Waals surface area (Å²) >= 11 is 0. The lowest BCUT2D eigenvalue weighted by Crippen LogP contribution is -2.29. The van der Waals surface area contributed by atoms with Crippen molar-refractivity contribution >= 4 is 5.91 Å². The van der Waals surface area contributed by atoms with Crippen LogP contribution in [-0.2, 0) is 11.3 Å². The molecule has 0 aliphatic rings. The molecule has 0 spiro atoms. The number of carbonyl (C=O) groups excluding carboxylic acids is 1. The molecule has 1 aromatic carbocycles. The van der Waals surface area contributed by atoms with Crippen molar-refractivity contribution in [2.45, 2.75) is 20.4 Å². The van der Waals surface area contributed by atoms with Gasteiger partial charge in [-0.2, -0.15) is 5.21 Å². The number of amides is 1. The van der Waals surface area contributed by atoms with E-state index in [0.717, 1.165) is 16.9 Å². The number of nitrogens with one attached hydrogen (secondary N) is 2. The van der Waals surface area contributed by atoms with Gasteiger partial charge in [0.05, 0.1) is 6.54 Å². The van der Waals surface area contributed by atoms with Gasteiger partial charge < -0.3 is 10.1 Å². The molecule has 2 aromatic rings. The van der Waals surface area contributed by atoms with Gasteiger partial charge >= 0.3 is 0 Å². The van der Waals surface area contributed by atoms with Crippen LogP contribution in [0.1, 0.15) is 17.0 Å². The first-order valence-electron chi connectivity index (χ1n) is 5.85. The van der Waals surface area contributed by atoms with Gasteiger partial charge in [-0.3, -0.25) is 4.79 Å². The highest BCUT2D eigenvalue weighted by atomic mass is 16.5. The zero-order valence-electron chi connectivity index (χ0n) is 10.8. The molecule has 2 N–H and O–H groups in total. The standard InChI is InChI=1S/C12H15N5O2/c1-8-4-3-5-9(2)12(8)19-7-11(18)13-6-10-14-16-17-15-10/h3-5H,6-7H2,1-2H3,(H,13,18)(H,14,15,16,17).